The highest BCUT2D eigenvalue weighted by atomic mass is 32.2. The second-order valence-corrected chi connectivity index (χ2v) is 8.38. The lowest BCUT2D eigenvalue weighted by atomic mass is 10.1. The third-order valence-corrected chi connectivity index (χ3v) is 6.34. The maximum atomic E-state index is 12.9. The number of pyridine rings is 1. The number of hydrogen-bond acceptors (Lipinski definition) is 7. The van der Waals surface area contributed by atoms with Gasteiger partial charge in [-0.25, -0.2) is 0 Å². The lowest BCUT2D eigenvalue weighted by Crippen LogP contribution is -2.42. The van der Waals surface area contributed by atoms with Crippen LogP contribution in [0.5, 0.6) is 0 Å². The van der Waals surface area contributed by atoms with Crippen molar-refractivity contribution in [2.24, 2.45) is 0 Å². The molecule has 0 spiro atoms. The van der Waals surface area contributed by atoms with E-state index in [0.717, 1.165) is 29.7 Å². The Morgan fingerprint density at radius 3 is 3.07 bits per heavy atom. The van der Waals surface area contributed by atoms with Gasteiger partial charge in [0.15, 0.2) is 0 Å². The van der Waals surface area contributed by atoms with Crippen molar-refractivity contribution in [3.05, 3.63) is 36.0 Å². The molecule has 2 amide bonds. The van der Waals surface area contributed by atoms with Crippen LogP contribution in [-0.4, -0.2) is 71.7 Å². The molecule has 2 atom stereocenters. The van der Waals surface area contributed by atoms with Crippen molar-refractivity contribution in [2.45, 2.75) is 19.1 Å². The van der Waals surface area contributed by atoms with Crippen LogP contribution >= 0.6 is 11.8 Å². The summed E-state index contributed by atoms with van der Waals surface area (Å²) < 4.78 is 5.62. The van der Waals surface area contributed by atoms with Gasteiger partial charge in [0.2, 0.25) is 5.91 Å². The molecule has 2 aliphatic rings. The van der Waals surface area contributed by atoms with Gasteiger partial charge in [0.25, 0.3) is 5.91 Å². The molecule has 0 radical (unpaired) electrons. The van der Waals surface area contributed by atoms with Gasteiger partial charge in [0.1, 0.15) is 6.04 Å². The van der Waals surface area contributed by atoms with Crippen molar-refractivity contribution in [2.75, 3.05) is 42.8 Å². The molecule has 2 aliphatic heterocycles. The molecule has 0 unspecified atom stereocenters. The molecule has 9 heteroatoms. The summed E-state index contributed by atoms with van der Waals surface area (Å²) in [6, 6.07) is 9.25. The number of nitrogens with zero attached hydrogens (tertiary/aromatic N) is 4. The molecule has 2 fully saturated rings. The van der Waals surface area contributed by atoms with Gasteiger partial charge in [0.05, 0.1) is 42.3 Å². The average molecular weight is 426 g/mol. The van der Waals surface area contributed by atoms with Gasteiger partial charge in [0, 0.05) is 36.1 Å². The summed E-state index contributed by atoms with van der Waals surface area (Å²) in [5, 5.41) is 12.6. The first-order valence-corrected chi connectivity index (χ1v) is 11.0. The van der Waals surface area contributed by atoms with E-state index in [9.17, 15) is 9.59 Å². The minimum Gasteiger partial charge on any atom is -0.375 e. The Labute approximate surface area is 179 Å². The third-order valence-electron chi connectivity index (χ3n) is 5.33. The van der Waals surface area contributed by atoms with E-state index in [4.69, 9.17) is 10.00 Å². The molecule has 3 heterocycles. The maximum Gasteiger partial charge on any atom is 0.252 e. The Hall–Kier alpha value is -2.83. The molecule has 0 bridgehead atoms. The minimum atomic E-state index is -0.431. The van der Waals surface area contributed by atoms with E-state index in [1.807, 2.05) is 25.1 Å². The van der Waals surface area contributed by atoms with Gasteiger partial charge in [-0.05, 0) is 31.2 Å². The molecule has 8 nitrogen and oxygen atoms in total. The van der Waals surface area contributed by atoms with E-state index in [-0.39, 0.29) is 24.5 Å². The predicted octanol–water partition coefficient (Wildman–Crippen LogP) is 1.61. The van der Waals surface area contributed by atoms with E-state index in [0.29, 0.717) is 23.8 Å². The molecule has 1 aromatic heterocycles. The summed E-state index contributed by atoms with van der Waals surface area (Å²) in [6.07, 6.45) is 1.75. The number of thioether (sulfide) groups is 1. The summed E-state index contributed by atoms with van der Waals surface area (Å²) in [6.45, 7) is 4.15. The molecule has 2 saturated heterocycles. The zero-order valence-corrected chi connectivity index (χ0v) is 17.5. The van der Waals surface area contributed by atoms with Crippen LogP contribution in [0.1, 0.15) is 17.3 Å². The highest BCUT2D eigenvalue weighted by Gasteiger charge is 2.29. The first kappa shape index (κ1) is 20.4. The summed E-state index contributed by atoms with van der Waals surface area (Å²) in [7, 11) is 0. The second kappa shape index (κ2) is 8.90. The number of benzene rings is 1. The van der Waals surface area contributed by atoms with Crippen LogP contribution in [0.4, 0.5) is 5.69 Å². The van der Waals surface area contributed by atoms with Gasteiger partial charge in [-0.1, -0.05) is 0 Å². The number of nitrogens with one attached hydrogen (secondary N) is 1. The summed E-state index contributed by atoms with van der Waals surface area (Å²) in [5.41, 5.74) is 2.21. The Bertz CT molecular complexity index is 1010. The molecular formula is C21H23N5O3S. The largest absolute Gasteiger partial charge is 0.375 e. The van der Waals surface area contributed by atoms with Crippen LogP contribution in [0.15, 0.2) is 30.5 Å². The fourth-order valence-corrected chi connectivity index (χ4v) is 4.83. The number of morpholine rings is 1. The quantitative estimate of drug-likeness (QED) is 0.795. The predicted molar refractivity (Wildman–Crippen MR) is 115 cm³/mol. The number of aromatic nitrogens is 1. The van der Waals surface area contributed by atoms with Crippen molar-refractivity contribution in [1.29, 1.82) is 5.26 Å². The van der Waals surface area contributed by atoms with Gasteiger partial charge in [-0.2, -0.15) is 5.26 Å². The first-order valence-electron chi connectivity index (χ1n) is 9.87. The fourth-order valence-electron chi connectivity index (χ4n) is 3.73. The Balaban J connectivity index is 1.51. The molecule has 2 aromatic rings. The molecule has 0 aliphatic carbocycles. The summed E-state index contributed by atoms with van der Waals surface area (Å²) >= 11 is 1.54. The number of carbonyl (C=O) groups is 2. The zero-order valence-electron chi connectivity index (χ0n) is 16.7. The van der Waals surface area contributed by atoms with Gasteiger partial charge in [-0.3, -0.25) is 14.6 Å². The van der Waals surface area contributed by atoms with E-state index < -0.39 is 6.04 Å². The van der Waals surface area contributed by atoms with E-state index in [1.54, 1.807) is 12.3 Å². The number of fused-ring (bicyclic) bond motifs is 1. The molecule has 0 saturated carbocycles. The topological polar surface area (TPSA) is 98.6 Å². The molecule has 4 rings (SSSR count). The maximum absolute atomic E-state index is 12.9. The van der Waals surface area contributed by atoms with Crippen molar-refractivity contribution in [3.8, 4) is 6.07 Å². The number of ether oxygens (including phenoxy) is 1. The van der Waals surface area contributed by atoms with E-state index >= 15 is 0 Å². The van der Waals surface area contributed by atoms with Crippen LogP contribution in [0.25, 0.3) is 10.9 Å². The lowest BCUT2D eigenvalue weighted by molar-refractivity contribution is -0.129. The molecule has 1 aromatic carbocycles. The number of hydrogen-bond donors (Lipinski definition) is 1. The smallest absolute Gasteiger partial charge is 0.252 e. The highest BCUT2D eigenvalue weighted by molar-refractivity contribution is 7.99. The third kappa shape index (κ3) is 4.20. The molecule has 1 N–H and O–H groups in total. The van der Waals surface area contributed by atoms with Crippen LogP contribution in [0.2, 0.25) is 0 Å². The van der Waals surface area contributed by atoms with E-state index in [1.165, 1.54) is 16.7 Å². The number of anilines is 1. The van der Waals surface area contributed by atoms with Gasteiger partial charge in [-0.15, -0.1) is 11.8 Å². The van der Waals surface area contributed by atoms with Gasteiger partial charge < -0.3 is 19.9 Å². The fraction of sp³-hybridized carbons (Fsp3) is 0.429. The molecule has 30 heavy (non-hydrogen) atoms. The Morgan fingerprint density at radius 2 is 2.27 bits per heavy atom. The number of rotatable bonds is 4. The monoisotopic (exact) mass is 425 g/mol. The van der Waals surface area contributed by atoms with Crippen molar-refractivity contribution in [3.63, 3.8) is 0 Å². The first-order chi connectivity index (χ1) is 14.6. The molecule has 156 valence electrons. The molecular weight excluding hydrogens is 402 g/mol. The minimum absolute atomic E-state index is 0.137. The van der Waals surface area contributed by atoms with Crippen molar-refractivity contribution < 1.29 is 14.3 Å². The van der Waals surface area contributed by atoms with Crippen molar-refractivity contribution >= 4 is 40.2 Å². The average Bonchev–Trinajstić information content (AvgIpc) is 3.25. The van der Waals surface area contributed by atoms with Crippen LogP contribution < -0.4 is 10.2 Å². The Morgan fingerprint density at radius 1 is 1.40 bits per heavy atom. The zero-order chi connectivity index (χ0) is 21.1. The van der Waals surface area contributed by atoms with Crippen LogP contribution in [-0.2, 0) is 9.53 Å². The standard InChI is InChI=1S/C21H23N5O3S/c1-14-11-25(6-7-29-14)15-2-3-19-18(8-15)17(4-5-23-19)21(28)24-10-20(27)26-13-30-12-16(26)9-22/h2-5,8,14,16H,6-7,10-13H2,1H3,(H,24,28)/t14-,16+/m0/s1. The number of amides is 2. The van der Waals surface area contributed by atoms with Gasteiger partial charge >= 0.3 is 0 Å². The SMILES string of the molecule is C[C@H]1CN(c2ccc3nccc(C(=O)NCC(=O)N4CSC[C@H]4C#N)c3c2)CCO1. The van der Waals surface area contributed by atoms with Crippen LogP contribution in [0, 0.1) is 11.3 Å². The number of nitriles is 1. The second-order valence-electron chi connectivity index (χ2n) is 7.38. The van der Waals surface area contributed by atoms with Crippen molar-refractivity contribution in [1.82, 2.24) is 15.2 Å². The highest BCUT2D eigenvalue weighted by Crippen LogP contribution is 2.25. The Kier molecular flexibility index (Phi) is 6.06. The summed E-state index contributed by atoms with van der Waals surface area (Å²) in [5.74, 6) is 0.505. The normalized spacial score (nSPS) is 21.5. The number of carbonyl (C=O) groups excluding carboxylic acids is 2. The summed E-state index contributed by atoms with van der Waals surface area (Å²) in [4.78, 5) is 33.4. The van der Waals surface area contributed by atoms with Crippen LogP contribution in [0.3, 0.4) is 0 Å². The lowest BCUT2D eigenvalue weighted by Gasteiger charge is -2.33. The van der Waals surface area contributed by atoms with E-state index in [2.05, 4.69) is 21.3 Å².